The van der Waals surface area contributed by atoms with Crippen molar-refractivity contribution in [2.45, 2.75) is 26.7 Å². The molecule has 0 heterocycles. The third kappa shape index (κ3) is 2.53. The van der Waals surface area contributed by atoms with Crippen LogP contribution in [0.15, 0.2) is 4.47 Å². The molecule has 0 spiro atoms. The molecule has 0 aliphatic heterocycles. The number of aldehydes is 1. The molecule has 1 aromatic rings. The number of rotatable bonds is 5. The van der Waals surface area contributed by atoms with Gasteiger partial charge in [0.15, 0.2) is 6.29 Å². The lowest BCUT2D eigenvalue weighted by Crippen LogP contribution is -2.17. The van der Waals surface area contributed by atoms with Gasteiger partial charge >= 0.3 is 11.9 Å². The van der Waals surface area contributed by atoms with Crippen LogP contribution >= 0.6 is 15.9 Å². The molecule has 0 radical (unpaired) electrons. The van der Waals surface area contributed by atoms with Gasteiger partial charge in [0.25, 0.3) is 0 Å². The summed E-state index contributed by atoms with van der Waals surface area (Å²) in [5, 5.41) is 18.4. The standard InChI is InChI=1S/C13H13BrO5/c1-3-6-7(4-2)11(14)10(13(18)19)9(12(16)17)8(6)5-15/h5H,3-4H2,1-2H3,(H,16,17)(H,18,19). The maximum absolute atomic E-state index is 11.3. The molecular weight excluding hydrogens is 316 g/mol. The molecule has 0 aromatic heterocycles. The molecule has 2 N–H and O–H groups in total. The number of hydrogen-bond acceptors (Lipinski definition) is 3. The first-order chi connectivity index (χ1) is 8.90. The Bertz CT molecular complexity index is 563. The van der Waals surface area contributed by atoms with Crippen LogP contribution in [0.4, 0.5) is 0 Å². The first kappa shape index (κ1) is 15.4. The van der Waals surface area contributed by atoms with Crippen LogP contribution < -0.4 is 0 Å². The van der Waals surface area contributed by atoms with E-state index in [9.17, 15) is 24.6 Å². The van der Waals surface area contributed by atoms with Gasteiger partial charge in [-0.3, -0.25) is 4.79 Å². The second-order valence-corrected chi connectivity index (χ2v) is 4.66. The highest BCUT2D eigenvalue weighted by Gasteiger charge is 2.28. The minimum absolute atomic E-state index is 0.0487. The molecule has 0 bridgehead atoms. The lowest BCUT2D eigenvalue weighted by Gasteiger charge is -2.17. The Kier molecular flexibility index (Phi) is 4.83. The normalized spacial score (nSPS) is 10.3. The maximum Gasteiger partial charge on any atom is 0.337 e. The summed E-state index contributed by atoms with van der Waals surface area (Å²) in [6.45, 7) is 3.61. The molecule has 19 heavy (non-hydrogen) atoms. The van der Waals surface area contributed by atoms with E-state index in [-0.39, 0.29) is 15.6 Å². The number of benzene rings is 1. The van der Waals surface area contributed by atoms with Crippen molar-refractivity contribution in [3.05, 3.63) is 32.3 Å². The van der Waals surface area contributed by atoms with Crippen LogP contribution in [-0.2, 0) is 12.8 Å². The summed E-state index contributed by atoms with van der Waals surface area (Å²) in [5.41, 5.74) is 0.360. The van der Waals surface area contributed by atoms with Crippen LogP contribution in [0.5, 0.6) is 0 Å². The number of hydrogen-bond donors (Lipinski definition) is 2. The molecule has 0 saturated carbocycles. The molecular formula is C13H13BrO5. The molecule has 0 aliphatic rings. The van der Waals surface area contributed by atoms with Crippen molar-refractivity contribution in [1.29, 1.82) is 0 Å². The van der Waals surface area contributed by atoms with E-state index < -0.39 is 17.5 Å². The zero-order valence-corrected chi connectivity index (χ0v) is 12.1. The fourth-order valence-electron chi connectivity index (χ4n) is 2.17. The Morgan fingerprint density at radius 2 is 1.53 bits per heavy atom. The largest absolute Gasteiger partial charge is 0.478 e. The molecule has 0 unspecified atom stereocenters. The summed E-state index contributed by atoms with van der Waals surface area (Å²) in [6, 6.07) is 0. The summed E-state index contributed by atoms with van der Waals surface area (Å²) in [6.07, 6.45) is 1.38. The third-order valence-electron chi connectivity index (χ3n) is 2.95. The average molecular weight is 329 g/mol. The lowest BCUT2D eigenvalue weighted by molar-refractivity contribution is 0.0649. The van der Waals surface area contributed by atoms with Crippen molar-refractivity contribution in [3.8, 4) is 0 Å². The minimum atomic E-state index is -1.42. The maximum atomic E-state index is 11.3. The minimum Gasteiger partial charge on any atom is -0.478 e. The van der Waals surface area contributed by atoms with Crippen molar-refractivity contribution in [2.75, 3.05) is 0 Å². The van der Waals surface area contributed by atoms with Crippen molar-refractivity contribution in [1.82, 2.24) is 0 Å². The molecule has 1 rings (SSSR count). The number of carboxylic acids is 2. The topological polar surface area (TPSA) is 91.7 Å². The number of carbonyl (C=O) groups excluding carboxylic acids is 1. The summed E-state index contributed by atoms with van der Waals surface area (Å²) in [7, 11) is 0. The van der Waals surface area contributed by atoms with E-state index >= 15 is 0 Å². The molecule has 1 aromatic carbocycles. The van der Waals surface area contributed by atoms with Crippen LogP contribution in [-0.4, -0.2) is 28.4 Å². The monoisotopic (exact) mass is 328 g/mol. The van der Waals surface area contributed by atoms with Gasteiger partial charge in [0.2, 0.25) is 0 Å². The van der Waals surface area contributed by atoms with Gasteiger partial charge in [-0.05, 0) is 39.9 Å². The zero-order valence-electron chi connectivity index (χ0n) is 10.5. The first-order valence-electron chi connectivity index (χ1n) is 5.69. The van der Waals surface area contributed by atoms with Gasteiger partial charge in [-0.1, -0.05) is 13.8 Å². The molecule has 0 saturated heterocycles. The van der Waals surface area contributed by atoms with Gasteiger partial charge in [-0.15, -0.1) is 0 Å². The van der Waals surface area contributed by atoms with E-state index in [4.69, 9.17) is 0 Å². The van der Waals surface area contributed by atoms with Gasteiger partial charge in [0.1, 0.15) is 0 Å². The van der Waals surface area contributed by atoms with Crippen molar-refractivity contribution < 1.29 is 24.6 Å². The Balaban J connectivity index is 3.98. The molecule has 6 heteroatoms. The molecule has 0 aliphatic carbocycles. The summed E-state index contributed by atoms with van der Waals surface area (Å²) >= 11 is 3.16. The van der Waals surface area contributed by atoms with Gasteiger partial charge in [-0.25, -0.2) is 9.59 Å². The Hall–Kier alpha value is -1.69. The Labute approximate surface area is 118 Å². The highest BCUT2D eigenvalue weighted by molar-refractivity contribution is 9.10. The van der Waals surface area contributed by atoms with Crippen molar-refractivity contribution in [2.24, 2.45) is 0 Å². The smallest absolute Gasteiger partial charge is 0.337 e. The molecule has 0 amide bonds. The van der Waals surface area contributed by atoms with Crippen LogP contribution in [0.3, 0.4) is 0 Å². The molecule has 102 valence electrons. The van der Waals surface area contributed by atoms with Crippen molar-refractivity contribution >= 4 is 34.2 Å². The van der Waals surface area contributed by atoms with Gasteiger partial charge < -0.3 is 10.2 Å². The number of carboxylic acid groups (broad SMARTS) is 2. The van der Waals surface area contributed by atoms with E-state index in [1.807, 2.05) is 6.92 Å². The molecule has 0 atom stereocenters. The predicted molar refractivity (Wildman–Crippen MR) is 72.2 cm³/mol. The summed E-state index contributed by atoms with van der Waals surface area (Å²) < 4.78 is 0.238. The number of halogens is 1. The zero-order chi connectivity index (χ0) is 14.7. The molecule has 5 nitrogen and oxygen atoms in total. The quantitative estimate of drug-likeness (QED) is 0.811. The van der Waals surface area contributed by atoms with Crippen LogP contribution in [0, 0.1) is 0 Å². The fraction of sp³-hybridized carbons (Fsp3) is 0.308. The van der Waals surface area contributed by atoms with Crippen molar-refractivity contribution in [3.63, 3.8) is 0 Å². The second-order valence-electron chi connectivity index (χ2n) is 3.87. The Morgan fingerprint density at radius 1 is 1.05 bits per heavy atom. The van der Waals surface area contributed by atoms with E-state index in [0.29, 0.717) is 30.3 Å². The predicted octanol–water partition coefficient (Wildman–Crippen LogP) is 2.78. The lowest BCUT2D eigenvalue weighted by atomic mass is 9.89. The highest BCUT2D eigenvalue weighted by atomic mass is 79.9. The molecule has 0 fully saturated rings. The SMILES string of the molecule is CCc1c(Br)c(C(=O)O)c(C(=O)O)c(C=O)c1CC. The van der Waals surface area contributed by atoms with Gasteiger partial charge in [0, 0.05) is 10.0 Å². The summed E-state index contributed by atoms with van der Waals surface area (Å²) in [4.78, 5) is 33.8. The van der Waals surface area contributed by atoms with Gasteiger partial charge in [-0.2, -0.15) is 0 Å². The average Bonchev–Trinajstić information content (AvgIpc) is 2.35. The van der Waals surface area contributed by atoms with E-state index in [1.54, 1.807) is 6.92 Å². The summed E-state index contributed by atoms with van der Waals surface area (Å²) in [5.74, 6) is -2.79. The Morgan fingerprint density at radius 3 is 1.84 bits per heavy atom. The van der Waals surface area contributed by atoms with Gasteiger partial charge in [0.05, 0.1) is 11.1 Å². The number of carbonyl (C=O) groups is 3. The third-order valence-corrected chi connectivity index (χ3v) is 3.82. The number of aromatic carboxylic acids is 2. The van der Waals surface area contributed by atoms with E-state index in [2.05, 4.69) is 15.9 Å². The van der Waals surface area contributed by atoms with Crippen LogP contribution in [0.1, 0.15) is 56.0 Å². The van der Waals surface area contributed by atoms with Crippen LogP contribution in [0.2, 0.25) is 0 Å². The fourth-order valence-corrected chi connectivity index (χ4v) is 3.05. The van der Waals surface area contributed by atoms with Crippen LogP contribution in [0.25, 0.3) is 0 Å². The van der Waals surface area contributed by atoms with E-state index in [0.717, 1.165) is 0 Å². The second kappa shape index (κ2) is 5.97. The van der Waals surface area contributed by atoms with E-state index in [1.165, 1.54) is 0 Å². The highest BCUT2D eigenvalue weighted by Crippen LogP contribution is 2.33. The first-order valence-corrected chi connectivity index (χ1v) is 6.48.